The van der Waals surface area contributed by atoms with Crippen molar-refractivity contribution in [1.82, 2.24) is 15.0 Å². The second kappa shape index (κ2) is 11.4. The van der Waals surface area contributed by atoms with Crippen molar-refractivity contribution in [2.24, 2.45) is 0 Å². The van der Waals surface area contributed by atoms with Crippen LogP contribution in [0.25, 0.3) is 55.8 Å². The third kappa shape index (κ3) is 5.08. The average Bonchev–Trinajstić information content (AvgIpc) is 3.33. The maximum absolute atomic E-state index is 10.6. The summed E-state index contributed by atoms with van der Waals surface area (Å²) in [4.78, 5) is 34.2. The van der Waals surface area contributed by atoms with Crippen molar-refractivity contribution in [3.63, 3.8) is 0 Å². The molecule has 0 saturated carbocycles. The molecule has 1 aliphatic carbocycles. The van der Waals surface area contributed by atoms with Crippen molar-refractivity contribution >= 4 is 23.5 Å². The fourth-order valence-corrected chi connectivity index (χ4v) is 4.61. The van der Waals surface area contributed by atoms with Crippen LogP contribution in [0.2, 0.25) is 0 Å². The number of fused-ring (bicyclic) bond motifs is 3. The van der Waals surface area contributed by atoms with Crippen molar-refractivity contribution in [1.29, 1.82) is 0 Å². The average molecular weight is 682 g/mol. The van der Waals surface area contributed by atoms with Crippen LogP contribution < -0.4 is 0 Å². The summed E-state index contributed by atoms with van der Waals surface area (Å²) < 4.78 is 0. The number of pyridine rings is 3. The van der Waals surface area contributed by atoms with Crippen molar-refractivity contribution in [2.45, 2.75) is 0 Å². The molecular formula is C33H19IrN3O2-2. The molecular weight excluding hydrogens is 663 g/mol. The SMILES string of the molecule is O=Cc1ccnc(-c2cc(C=O)ccn2)c1.[Ir].[c-]1ccccc1-c1cc2c3c(cc[c-]c3n1)-c1ccccc1-2. The summed E-state index contributed by atoms with van der Waals surface area (Å²) >= 11 is 0. The summed E-state index contributed by atoms with van der Waals surface area (Å²) in [5, 5.41) is 1.21. The molecule has 0 fully saturated rings. The largest absolute Gasteiger partial charge is 0.323 e. The Labute approximate surface area is 239 Å². The van der Waals surface area contributed by atoms with E-state index in [4.69, 9.17) is 4.98 Å². The van der Waals surface area contributed by atoms with Gasteiger partial charge >= 0.3 is 0 Å². The molecule has 0 bridgehead atoms. The summed E-state index contributed by atoms with van der Waals surface area (Å²) in [6, 6.07) is 35.8. The number of hydrogen-bond donors (Lipinski definition) is 0. The van der Waals surface area contributed by atoms with Gasteiger partial charge in [-0.3, -0.25) is 19.6 Å². The molecule has 0 N–H and O–H groups in total. The van der Waals surface area contributed by atoms with E-state index in [0.29, 0.717) is 22.5 Å². The minimum absolute atomic E-state index is 0. The normalized spacial score (nSPS) is 10.6. The molecule has 6 heteroatoms. The second-order valence-corrected chi connectivity index (χ2v) is 8.68. The molecule has 1 radical (unpaired) electrons. The van der Waals surface area contributed by atoms with E-state index >= 15 is 0 Å². The van der Waals surface area contributed by atoms with Gasteiger partial charge in [0.1, 0.15) is 12.6 Å². The van der Waals surface area contributed by atoms with Crippen LogP contribution in [0.5, 0.6) is 0 Å². The predicted molar refractivity (Wildman–Crippen MR) is 148 cm³/mol. The molecule has 3 aromatic heterocycles. The molecule has 7 rings (SSSR count). The van der Waals surface area contributed by atoms with Gasteiger partial charge in [0.2, 0.25) is 0 Å². The minimum Gasteiger partial charge on any atom is -0.323 e. The number of carbonyl (C=O) groups excluding carboxylic acids is 2. The summed E-state index contributed by atoms with van der Waals surface area (Å²) in [6.45, 7) is 0. The zero-order chi connectivity index (χ0) is 25.9. The van der Waals surface area contributed by atoms with E-state index in [2.05, 4.69) is 58.5 Å². The topological polar surface area (TPSA) is 72.8 Å². The van der Waals surface area contributed by atoms with Crippen LogP contribution >= 0.6 is 0 Å². The van der Waals surface area contributed by atoms with Gasteiger partial charge in [-0.1, -0.05) is 46.8 Å². The van der Waals surface area contributed by atoms with Gasteiger partial charge in [-0.05, 0) is 41.1 Å². The standard InChI is InChI=1S/C21H11N.C12H8N2O2.Ir/c1-2-7-14(8-3-1)20-13-18-16-10-5-4-9-15(16)17-11-6-12-19(22-20)21(17)18;15-7-9-1-3-13-11(5-9)12-6-10(8-16)2-4-14-12;/h1-7,9-11,13H;1-8H;/q-2;;. The van der Waals surface area contributed by atoms with Gasteiger partial charge in [0.25, 0.3) is 0 Å². The number of nitrogens with zero attached hydrogens (tertiary/aromatic N) is 3. The molecule has 3 heterocycles. The fourth-order valence-electron chi connectivity index (χ4n) is 4.61. The van der Waals surface area contributed by atoms with E-state index in [-0.39, 0.29) is 20.1 Å². The summed E-state index contributed by atoms with van der Waals surface area (Å²) in [6.07, 6.45) is 4.56. The molecule has 0 amide bonds. The van der Waals surface area contributed by atoms with Crippen LogP contribution in [-0.4, -0.2) is 27.5 Å². The van der Waals surface area contributed by atoms with Gasteiger partial charge in [0.15, 0.2) is 0 Å². The first-order valence-electron chi connectivity index (χ1n) is 12.0. The Hall–Kier alpha value is -4.64. The van der Waals surface area contributed by atoms with Crippen LogP contribution in [-0.2, 0) is 20.1 Å². The van der Waals surface area contributed by atoms with Gasteiger partial charge in [0, 0.05) is 43.6 Å². The van der Waals surface area contributed by atoms with Crippen LogP contribution in [0.15, 0.2) is 103 Å². The zero-order valence-corrected chi connectivity index (χ0v) is 22.9. The molecule has 0 saturated heterocycles. The molecule has 0 atom stereocenters. The summed E-state index contributed by atoms with van der Waals surface area (Å²) in [7, 11) is 0. The maximum atomic E-state index is 10.6. The van der Waals surface area contributed by atoms with Gasteiger partial charge in [0.05, 0.1) is 11.4 Å². The van der Waals surface area contributed by atoms with E-state index in [9.17, 15) is 9.59 Å². The Kier molecular flexibility index (Phi) is 7.59. The van der Waals surface area contributed by atoms with Crippen LogP contribution in [0.4, 0.5) is 0 Å². The Balaban J connectivity index is 0.000000163. The Morgan fingerprint density at radius 1 is 0.590 bits per heavy atom. The molecule has 0 aliphatic heterocycles. The van der Waals surface area contributed by atoms with Crippen molar-refractivity contribution < 1.29 is 29.7 Å². The number of benzene rings is 3. The predicted octanol–water partition coefficient (Wildman–Crippen LogP) is 6.92. The van der Waals surface area contributed by atoms with E-state index in [1.54, 1.807) is 24.3 Å². The number of hydrogen-bond acceptors (Lipinski definition) is 5. The molecule has 3 aromatic carbocycles. The first-order chi connectivity index (χ1) is 18.7. The van der Waals surface area contributed by atoms with Crippen LogP contribution in [0.3, 0.4) is 0 Å². The molecule has 189 valence electrons. The summed E-state index contributed by atoms with van der Waals surface area (Å²) in [5.74, 6) is 0. The van der Waals surface area contributed by atoms with E-state index < -0.39 is 0 Å². The van der Waals surface area contributed by atoms with Crippen LogP contribution in [0.1, 0.15) is 20.7 Å². The van der Waals surface area contributed by atoms with Gasteiger partial charge in [-0.15, -0.1) is 41.5 Å². The zero-order valence-electron chi connectivity index (χ0n) is 20.5. The molecule has 0 unspecified atom stereocenters. The summed E-state index contributed by atoms with van der Waals surface area (Å²) in [5.41, 5.74) is 10.2. The maximum Gasteiger partial charge on any atom is 0.150 e. The van der Waals surface area contributed by atoms with Crippen LogP contribution in [0, 0.1) is 12.1 Å². The first kappa shape index (κ1) is 26.0. The van der Waals surface area contributed by atoms with E-state index in [1.165, 1.54) is 40.0 Å². The molecule has 39 heavy (non-hydrogen) atoms. The Morgan fingerprint density at radius 2 is 1.23 bits per heavy atom. The Bertz CT molecular complexity index is 1770. The van der Waals surface area contributed by atoms with Crippen molar-refractivity contribution in [3.05, 3.63) is 127 Å². The van der Waals surface area contributed by atoms with Crippen molar-refractivity contribution in [2.75, 3.05) is 0 Å². The number of rotatable bonds is 4. The smallest absolute Gasteiger partial charge is 0.150 e. The number of aromatic nitrogens is 3. The van der Waals surface area contributed by atoms with Crippen molar-refractivity contribution in [3.8, 4) is 44.9 Å². The van der Waals surface area contributed by atoms with Gasteiger partial charge in [-0.2, -0.15) is 18.2 Å². The molecule has 6 aromatic rings. The second-order valence-electron chi connectivity index (χ2n) is 8.68. The van der Waals surface area contributed by atoms with Gasteiger partial charge < -0.3 is 4.98 Å². The monoisotopic (exact) mass is 682 g/mol. The molecule has 0 spiro atoms. The van der Waals surface area contributed by atoms with E-state index in [0.717, 1.165) is 29.3 Å². The first-order valence-corrected chi connectivity index (χ1v) is 12.0. The van der Waals surface area contributed by atoms with E-state index in [1.807, 2.05) is 30.3 Å². The van der Waals surface area contributed by atoms with Gasteiger partial charge in [-0.25, -0.2) is 0 Å². The Morgan fingerprint density at radius 3 is 1.85 bits per heavy atom. The third-order valence-electron chi connectivity index (χ3n) is 6.35. The molecule has 1 aliphatic rings. The number of carbonyl (C=O) groups is 2. The number of aldehydes is 2. The molecule has 5 nitrogen and oxygen atoms in total. The fraction of sp³-hybridized carbons (Fsp3) is 0. The third-order valence-corrected chi connectivity index (χ3v) is 6.35. The minimum atomic E-state index is 0. The quantitative estimate of drug-likeness (QED) is 0.149.